The number of hydrogen-bond donors (Lipinski definition) is 3. The Morgan fingerprint density at radius 1 is 1.25 bits per heavy atom. The Balaban J connectivity index is 1.64. The van der Waals surface area contributed by atoms with E-state index >= 15 is 0 Å². The van der Waals surface area contributed by atoms with Crippen LogP contribution in [0.25, 0.3) is 10.9 Å². The third-order valence-corrected chi connectivity index (χ3v) is 5.09. The number of rotatable bonds is 2. The average molecular weight is 320 g/mol. The van der Waals surface area contributed by atoms with Gasteiger partial charge in [-0.05, 0) is 25.0 Å². The Bertz CT molecular complexity index is 928. The zero-order valence-electron chi connectivity index (χ0n) is 13.1. The molecule has 4 N–H and O–H groups in total. The fourth-order valence-corrected chi connectivity index (χ4v) is 3.69. The van der Waals surface area contributed by atoms with Crippen molar-refractivity contribution < 1.29 is 9.70 Å². The number of fused-ring (bicyclic) bond motifs is 2. The lowest BCUT2D eigenvalue weighted by Gasteiger charge is -2.31. The molecule has 1 aromatic carbocycles. The van der Waals surface area contributed by atoms with Crippen LogP contribution in [0.3, 0.4) is 0 Å². The van der Waals surface area contributed by atoms with Crippen molar-refractivity contribution in [2.24, 2.45) is 21.7 Å². The summed E-state index contributed by atoms with van der Waals surface area (Å²) in [5.41, 5.74) is 3.81. The number of aliphatic imine (C=N–C) groups is 2. The molecule has 0 radical (unpaired) electrons. The van der Waals surface area contributed by atoms with E-state index in [1.165, 1.54) is 0 Å². The van der Waals surface area contributed by atoms with E-state index in [1.807, 2.05) is 24.4 Å². The fraction of sp³-hybridized carbons (Fsp3) is 0.222. The summed E-state index contributed by atoms with van der Waals surface area (Å²) in [5, 5.41) is 10.8. The first-order chi connectivity index (χ1) is 11.6. The van der Waals surface area contributed by atoms with Crippen LogP contribution in [0.5, 0.6) is 0 Å². The van der Waals surface area contributed by atoms with E-state index in [0.29, 0.717) is 0 Å². The molecule has 3 heterocycles. The number of nitrogens with zero attached hydrogens (tertiary/aromatic N) is 3. The van der Waals surface area contributed by atoms with Crippen molar-refractivity contribution in [2.45, 2.75) is 18.9 Å². The van der Waals surface area contributed by atoms with Crippen molar-refractivity contribution in [1.29, 1.82) is 0 Å². The smallest absolute Gasteiger partial charge is 0.281 e. The number of allylic oxidation sites excluding steroid dienone is 2. The predicted octanol–water partition coefficient (Wildman–Crippen LogP) is 2.16. The SMILES string of the molecule is N[N+]12C=CN=CC1=C(C1CC(O)C1)N=C2c1cc2ccccc2[nH]1. The van der Waals surface area contributed by atoms with Gasteiger partial charge in [0.2, 0.25) is 5.70 Å². The van der Waals surface area contributed by atoms with E-state index in [0.717, 1.165) is 46.7 Å². The Morgan fingerprint density at radius 2 is 2.08 bits per heavy atom. The molecule has 0 spiro atoms. The molecule has 1 aromatic heterocycles. The summed E-state index contributed by atoms with van der Waals surface area (Å²) < 4.78 is 0.0260. The zero-order valence-corrected chi connectivity index (χ0v) is 13.1. The standard InChI is InChI=1S/C18H18N5O/c19-23-6-5-20-10-16(23)17(12-7-13(24)8-12)22-18(23)15-9-11-3-1-2-4-14(11)21-15/h1-6,9-10,12-13,21,24H,7-8,19H2/q+1. The number of benzene rings is 1. The van der Waals surface area contributed by atoms with Crippen molar-refractivity contribution >= 4 is 23.0 Å². The monoisotopic (exact) mass is 320 g/mol. The summed E-state index contributed by atoms with van der Waals surface area (Å²) in [6.45, 7) is 0. The highest BCUT2D eigenvalue weighted by molar-refractivity contribution is 6.02. The van der Waals surface area contributed by atoms with Crippen LogP contribution in [0.2, 0.25) is 0 Å². The third kappa shape index (κ3) is 1.81. The molecule has 2 aromatic rings. The molecule has 1 unspecified atom stereocenters. The van der Waals surface area contributed by atoms with Crippen LogP contribution in [0, 0.1) is 5.92 Å². The first-order valence-corrected chi connectivity index (χ1v) is 8.13. The molecule has 5 rings (SSSR count). The Hall–Kier alpha value is -2.54. The summed E-state index contributed by atoms with van der Waals surface area (Å²) in [6.07, 6.45) is 6.59. The number of aromatic amines is 1. The summed E-state index contributed by atoms with van der Waals surface area (Å²) in [7, 11) is 0. The average Bonchev–Trinajstić information content (AvgIpc) is 3.10. The third-order valence-electron chi connectivity index (χ3n) is 5.09. The maximum Gasteiger partial charge on any atom is 0.281 e. The number of H-pyrrole nitrogens is 1. The van der Waals surface area contributed by atoms with Crippen molar-refractivity contribution in [3.63, 3.8) is 0 Å². The van der Waals surface area contributed by atoms with Gasteiger partial charge >= 0.3 is 0 Å². The van der Waals surface area contributed by atoms with Gasteiger partial charge in [0, 0.05) is 16.8 Å². The lowest BCUT2D eigenvalue weighted by Crippen LogP contribution is -2.53. The molecule has 1 saturated carbocycles. The largest absolute Gasteiger partial charge is 0.393 e. The number of nitrogens with one attached hydrogen (secondary N) is 1. The van der Waals surface area contributed by atoms with Crippen molar-refractivity contribution in [2.75, 3.05) is 0 Å². The molecule has 120 valence electrons. The minimum Gasteiger partial charge on any atom is -0.393 e. The number of aromatic nitrogens is 1. The van der Waals surface area contributed by atoms with E-state index in [2.05, 4.69) is 22.1 Å². The van der Waals surface area contributed by atoms with E-state index in [-0.39, 0.29) is 16.6 Å². The molecule has 6 nitrogen and oxygen atoms in total. The highest BCUT2D eigenvalue weighted by Gasteiger charge is 2.48. The summed E-state index contributed by atoms with van der Waals surface area (Å²) in [5.74, 6) is 7.70. The first kappa shape index (κ1) is 13.9. The summed E-state index contributed by atoms with van der Waals surface area (Å²) in [6, 6.07) is 10.2. The lowest BCUT2D eigenvalue weighted by atomic mass is 9.79. The lowest BCUT2D eigenvalue weighted by molar-refractivity contribution is -0.750. The van der Waals surface area contributed by atoms with Crippen LogP contribution in [0.4, 0.5) is 0 Å². The number of para-hydroxylation sites is 1. The highest BCUT2D eigenvalue weighted by Crippen LogP contribution is 2.42. The second-order valence-electron chi connectivity index (χ2n) is 6.65. The van der Waals surface area contributed by atoms with Crippen LogP contribution in [-0.2, 0) is 0 Å². The molecular formula is C18H18N5O+. The molecule has 6 heteroatoms. The molecule has 1 atom stereocenters. The van der Waals surface area contributed by atoms with Crippen LogP contribution in [0.15, 0.2) is 64.1 Å². The van der Waals surface area contributed by atoms with Gasteiger partial charge in [-0.15, -0.1) is 4.59 Å². The molecule has 1 aliphatic carbocycles. The molecule has 0 bridgehead atoms. The van der Waals surface area contributed by atoms with Gasteiger partial charge in [0.05, 0.1) is 18.5 Å². The van der Waals surface area contributed by atoms with Crippen LogP contribution < -0.4 is 5.84 Å². The van der Waals surface area contributed by atoms with Gasteiger partial charge < -0.3 is 10.1 Å². The van der Waals surface area contributed by atoms with Gasteiger partial charge in [0.25, 0.3) is 5.84 Å². The minimum absolute atomic E-state index is 0.0260. The second-order valence-corrected chi connectivity index (χ2v) is 6.65. The molecule has 0 saturated heterocycles. The van der Waals surface area contributed by atoms with Crippen LogP contribution in [-0.4, -0.2) is 32.8 Å². The van der Waals surface area contributed by atoms with Gasteiger partial charge in [-0.2, -0.15) is 10.8 Å². The van der Waals surface area contributed by atoms with Crippen molar-refractivity contribution in [3.8, 4) is 0 Å². The number of nitrogens with two attached hydrogens (primary N) is 1. The van der Waals surface area contributed by atoms with Crippen molar-refractivity contribution in [1.82, 2.24) is 4.98 Å². The summed E-state index contributed by atoms with van der Waals surface area (Å²) in [4.78, 5) is 12.5. The quantitative estimate of drug-likeness (QED) is 0.585. The van der Waals surface area contributed by atoms with E-state index in [1.54, 1.807) is 12.4 Å². The van der Waals surface area contributed by atoms with Crippen LogP contribution in [0.1, 0.15) is 18.5 Å². The fourth-order valence-electron chi connectivity index (χ4n) is 3.69. The number of hydrogen-bond acceptors (Lipinski definition) is 4. The van der Waals surface area contributed by atoms with Gasteiger partial charge in [-0.1, -0.05) is 18.2 Å². The molecule has 2 aliphatic heterocycles. The number of aliphatic hydroxyl groups is 1. The number of aliphatic hydroxyl groups excluding tert-OH is 1. The topological polar surface area (TPSA) is 86.8 Å². The number of amidine groups is 1. The first-order valence-electron chi connectivity index (χ1n) is 8.13. The van der Waals surface area contributed by atoms with Crippen LogP contribution >= 0.6 is 0 Å². The van der Waals surface area contributed by atoms with E-state index in [9.17, 15) is 5.11 Å². The van der Waals surface area contributed by atoms with Gasteiger partial charge in [0.15, 0.2) is 0 Å². The second kappa shape index (κ2) is 4.73. The Kier molecular flexibility index (Phi) is 2.73. The maximum absolute atomic E-state index is 9.66. The molecule has 0 amide bonds. The van der Waals surface area contributed by atoms with E-state index in [4.69, 9.17) is 10.8 Å². The Morgan fingerprint density at radius 3 is 2.88 bits per heavy atom. The minimum atomic E-state index is -0.230. The molecule has 3 aliphatic rings. The number of quaternary nitrogens is 1. The van der Waals surface area contributed by atoms with E-state index < -0.39 is 0 Å². The van der Waals surface area contributed by atoms with Gasteiger partial charge in [0.1, 0.15) is 17.6 Å². The highest BCUT2D eigenvalue weighted by atomic mass is 16.3. The predicted molar refractivity (Wildman–Crippen MR) is 92.7 cm³/mol. The normalized spacial score (nSPS) is 31.3. The summed E-state index contributed by atoms with van der Waals surface area (Å²) >= 11 is 0. The molecule has 1 fully saturated rings. The maximum atomic E-state index is 9.66. The van der Waals surface area contributed by atoms with Gasteiger partial charge in [-0.25, -0.2) is 0 Å². The zero-order chi connectivity index (χ0) is 16.3. The Labute approximate surface area is 138 Å². The molecular weight excluding hydrogens is 302 g/mol. The van der Waals surface area contributed by atoms with Gasteiger partial charge in [-0.3, -0.25) is 4.99 Å². The molecule has 24 heavy (non-hydrogen) atoms. The van der Waals surface area contributed by atoms with Crippen molar-refractivity contribution in [3.05, 3.63) is 59.8 Å².